The van der Waals surface area contributed by atoms with Gasteiger partial charge in [-0.3, -0.25) is 0 Å². The Morgan fingerprint density at radius 2 is 1.29 bits per heavy atom. The van der Waals surface area contributed by atoms with Crippen LogP contribution in [-0.4, -0.2) is 37.6 Å². The SMILES string of the molecule is CCCCCCCCCCCCCOCC(C)OCCO. The zero-order chi connectivity index (χ0) is 15.6. The van der Waals surface area contributed by atoms with Gasteiger partial charge < -0.3 is 14.6 Å². The Kier molecular flexibility index (Phi) is 17.8. The van der Waals surface area contributed by atoms with E-state index in [0.29, 0.717) is 13.2 Å². The van der Waals surface area contributed by atoms with Gasteiger partial charge in [0.05, 0.1) is 25.9 Å². The summed E-state index contributed by atoms with van der Waals surface area (Å²) >= 11 is 0. The normalized spacial score (nSPS) is 12.7. The molecule has 0 aliphatic rings. The summed E-state index contributed by atoms with van der Waals surface area (Å²) in [5, 5.41) is 8.63. The fraction of sp³-hybridized carbons (Fsp3) is 1.00. The lowest BCUT2D eigenvalue weighted by molar-refractivity contribution is -0.0189. The van der Waals surface area contributed by atoms with Gasteiger partial charge >= 0.3 is 0 Å². The van der Waals surface area contributed by atoms with Gasteiger partial charge in [-0.05, 0) is 13.3 Å². The first-order valence-corrected chi connectivity index (χ1v) is 9.11. The van der Waals surface area contributed by atoms with Crippen LogP contribution >= 0.6 is 0 Å². The van der Waals surface area contributed by atoms with Crippen LogP contribution in [0.1, 0.15) is 84.5 Å². The van der Waals surface area contributed by atoms with E-state index in [1.165, 1.54) is 64.2 Å². The molecule has 0 heterocycles. The summed E-state index contributed by atoms with van der Waals surface area (Å²) in [5.41, 5.74) is 0. The predicted molar refractivity (Wildman–Crippen MR) is 89.8 cm³/mol. The van der Waals surface area contributed by atoms with Gasteiger partial charge in [0.2, 0.25) is 0 Å². The molecule has 128 valence electrons. The van der Waals surface area contributed by atoms with Crippen molar-refractivity contribution in [2.75, 3.05) is 26.4 Å². The predicted octanol–water partition coefficient (Wildman–Crippen LogP) is 4.71. The molecular weight excluding hydrogens is 264 g/mol. The summed E-state index contributed by atoms with van der Waals surface area (Å²) in [4.78, 5) is 0. The van der Waals surface area contributed by atoms with Gasteiger partial charge in [0.25, 0.3) is 0 Å². The number of hydrogen-bond acceptors (Lipinski definition) is 3. The average Bonchev–Trinajstić information content (AvgIpc) is 2.49. The average molecular weight is 302 g/mol. The van der Waals surface area contributed by atoms with E-state index in [-0.39, 0.29) is 12.7 Å². The molecule has 0 spiro atoms. The van der Waals surface area contributed by atoms with Gasteiger partial charge in [-0.1, -0.05) is 71.1 Å². The molecular formula is C18H38O3. The van der Waals surface area contributed by atoms with Crippen LogP contribution in [0.4, 0.5) is 0 Å². The second-order valence-electron chi connectivity index (χ2n) is 6.02. The largest absolute Gasteiger partial charge is 0.394 e. The quantitative estimate of drug-likeness (QED) is 0.395. The standard InChI is InChI=1S/C18H38O3/c1-3-4-5-6-7-8-9-10-11-12-13-15-20-17-18(2)21-16-14-19/h18-19H,3-17H2,1-2H3. The molecule has 1 unspecified atom stereocenters. The van der Waals surface area contributed by atoms with Crippen molar-refractivity contribution in [3.05, 3.63) is 0 Å². The van der Waals surface area contributed by atoms with Crippen LogP contribution in [0.2, 0.25) is 0 Å². The van der Waals surface area contributed by atoms with E-state index in [1.807, 2.05) is 6.92 Å². The fourth-order valence-corrected chi connectivity index (χ4v) is 2.42. The van der Waals surface area contributed by atoms with Crippen molar-refractivity contribution in [2.45, 2.75) is 90.6 Å². The molecule has 0 aromatic heterocycles. The molecule has 3 nitrogen and oxygen atoms in total. The molecule has 3 heteroatoms. The molecule has 0 fully saturated rings. The van der Waals surface area contributed by atoms with E-state index in [1.54, 1.807) is 0 Å². The molecule has 0 saturated heterocycles. The number of aliphatic hydroxyl groups excluding tert-OH is 1. The molecule has 0 bridgehead atoms. The Bertz CT molecular complexity index is 185. The third-order valence-corrected chi connectivity index (χ3v) is 3.74. The first-order valence-electron chi connectivity index (χ1n) is 9.11. The molecule has 0 rings (SSSR count). The summed E-state index contributed by atoms with van der Waals surface area (Å²) in [7, 11) is 0. The third-order valence-electron chi connectivity index (χ3n) is 3.74. The molecule has 0 radical (unpaired) electrons. The minimum absolute atomic E-state index is 0.0863. The van der Waals surface area contributed by atoms with E-state index < -0.39 is 0 Å². The topological polar surface area (TPSA) is 38.7 Å². The number of aliphatic hydroxyl groups is 1. The molecule has 1 N–H and O–H groups in total. The van der Waals surface area contributed by atoms with Gasteiger partial charge in [-0.2, -0.15) is 0 Å². The monoisotopic (exact) mass is 302 g/mol. The van der Waals surface area contributed by atoms with Crippen LogP contribution in [0, 0.1) is 0 Å². The Balaban J connectivity index is 3.02. The molecule has 0 aromatic carbocycles. The summed E-state index contributed by atoms with van der Waals surface area (Å²) in [6.07, 6.45) is 15.1. The highest BCUT2D eigenvalue weighted by molar-refractivity contribution is 4.49. The fourth-order valence-electron chi connectivity index (χ4n) is 2.42. The smallest absolute Gasteiger partial charge is 0.0781 e. The highest BCUT2D eigenvalue weighted by Crippen LogP contribution is 2.11. The molecule has 0 aliphatic carbocycles. The molecule has 1 atom stereocenters. The highest BCUT2D eigenvalue weighted by atomic mass is 16.5. The van der Waals surface area contributed by atoms with Crippen LogP contribution in [-0.2, 0) is 9.47 Å². The van der Waals surface area contributed by atoms with Crippen molar-refractivity contribution in [3.63, 3.8) is 0 Å². The summed E-state index contributed by atoms with van der Waals surface area (Å²) < 4.78 is 10.9. The van der Waals surface area contributed by atoms with Gasteiger partial charge in [0.1, 0.15) is 0 Å². The summed E-state index contributed by atoms with van der Waals surface area (Å²) in [5.74, 6) is 0. The lowest BCUT2D eigenvalue weighted by Gasteiger charge is -2.12. The lowest BCUT2D eigenvalue weighted by atomic mass is 10.1. The van der Waals surface area contributed by atoms with Crippen molar-refractivity contribution in [1.82, 2.24) is 0 Å². The Morgan fingerprint density at radius 1 is 0.762 bits per heavy atom. The number of unbranched alkanes of at least 4 members (excludes halogenated alkanes) is 10. The Labute approximate surface area is 132 Å². The minimum atomic E-state index is 0.0863. The second kappa shape index (κ2) is 17.9. The molecule has 0 aliphatic heterocycles. The van der Waals surface area contributed by atoms with Crippen molar-refractivity contribution >= 4 is 0 Å². The van der Waals surface area contributed by atoms with Crippen molar-refractivity contribution < 1.29 is 14.6 Å². The van der Waals surface area contributed by atoms with E-state index in [2.05, 4.69) is 6.92 Å². The Hall–Kier alpha value is -0.120. The van der Waals surface area contributed by atoms with Gasteiger partial charge in [0, 0.05) is 6.61 Å². The lowest BCUT2D eigenvalue weighted by Crippen LogP contribution is -2.18. The van der Waals surface area contributed by atoms with Crippen molar-refractivity contribution in [3.8, 4) is 0 Å². The van der Waals surface area contributed by atoms with Crippen LogP contribution in [0.15, 0.2) is 0 Å². The van der Waals surface area contributed by atoms with Crippen LogP contribution in [0.5, 0.6) is 0 Å². The number of rotatable bonds is 17. The van der Waals surface area contributed by atoms with E-state index in [9.17, 15) is 0 Å². The van der Waals surface area contributed by atoms with Crippen LogP contribution in [0.25, 0.3) is 0 Å². The second-order valence-corrected chi connectivity index (χ2v) is 6.02. The first kappa shape index (κ1) is 20.9. The maximum absolute atomic E-state index is 8.63. The number of hydrogen-bond donors (Lipinski definition) is 1. The highest BCUT2D eigenvalue weighted by Gasteiger charge is 2.01. The molecule has 0 saturated carbocycles. The van der Waals surface area contributed by atoms with Crippen LogP contribution in [0.3, 0.4) is 0 Å². The Morgan fingerprint density at radius 3 is 1.81 bits per heavy atom. The van der Waals surface area contributed by atoms with Crippen LogP contribution < -0.4 is 0 Å². The van der Waals surface area contributed by atoms with E-state index in [4.69, 9.17) is 14.6 Å². The number of ether oxygens (including phenoxy) is 2. The van der Waals surface area contributed by atoms with Crippen molar-refractivity contribution in [1.29, 1.82) is 0 Å². The molecule has 0 amide bonds. The molecule has 0 aromatic rings. The third kappa shape index (κ3) is 17.8. The summed E-state index contributed by atoms with van der Waals surface area (Å²) in [6.45, 7) is 6.22. The minimum Gasteiger partial charge on any atom is -0.394 e. The summed E-state index contributed by atoms with van der Waals surface area (Å²) in [6, 6.07) is 0. The maximum atomic E-state index is 8.63. The van der Waals surface area contributed by atoms with Gasteiger partial charge in [-0.25, -0.2) is 0 Å². The van der Waals surface area contributed by atoms with E-state index in [0.717, 1.165) is 13.0 Å². The molecule has 21 heavy (non-hydrogen) atoms. The zero-order valence-corrected chi connectivity index (χ0v) is 14.4. The van der Waals surface area contributed by atoms with Gasteiger partial charge in [0.15, 0.2) is 0 Å². The maximum Gasteiger partial charge on any atom is 0.0781 e. The van der Waals surface area contributed by atoms with Crippen molar-refractivity contribution in [2.24, 2.45) is 0 Å². The van der Waals surface area contributed by atoms with E-state index >= 15 is 0 Å². The van der Waals surface area contributed by atoms with Gasteiger partial charge in [-0.15, -0.1) is 0 Å². The first-order chi connectivity index (χ1) is 10.3. The zero-order valence-electron chi connectivity index (χ0n) is 14.4.